The maximum Gasteiger partial charge on any atom is 0.191 e. The van der Waals surface area contributed by atoms with E-state index < -0.39 is 0 Å². The van der Waals surface area contributed by atoms with E-state index in [2.05, 4.69) is 46.9 Å². The first-order chi connectivity index (χ1) is 12.7. The molecule has 0 atom stereocenters. The van der Waals surface area contributed by atoms with Gasteiger partial charge in [-0.25, -0.2) is 4.99 Å². The molecule has 144 valence electrons. The molecule has 6 nitrogen and oxygen atoms in total. The maximum atomic E-state index is 5.28. The lowest BCUT2D eigenvalue weighted by Gasteiger charge is -2.11. The fraction of sp³-hybridized carbons (Fsp3) is 0.300. The minimum absolute atomic E-state index is 0. The van der Waals surface area contributed by atoms with Crippen LogP contribution in [0.1, 0.15) is 18.2 Å². The zero-order chi connectivity index (χ0) is 18.4. The number of guanidine groups is 1. The van der Waals surface area contributed by atoms with E-state index >= 15 is 0 Å². The van der Waals surface area contributed by atoms with Crippen molar-refractivity contribution < 1.29 is 4.74 Å². The third-order valence-corrected chi connectivity index (χ3v) is 4.24. The molecule has 1 heterocycles. The Morgan fingerprint density at radius 2 is 1.89 bits per heavy atom. The van der Waals surface area contributed by atoms with Crippen molar-refractivity contribution in [3.8, 4) is 5.75 Å². The number of hydrogen-bond acceptors (Lipinski definition) is 3. The molecule has 0 amide bonds. The predicted octanol–water partition coefficient (Wildman–Crippen LogP) is 3.46. The van der Waals surface area contributed by atoms with Gasteiger partial charge >= 0.3 is 0 Å². The van der Waals surface area contributed by atoms with Gasteiger partial charge in [0.25, 0.3) is 0 Å². The van der Waals surface area contributed by atoms with Crippen molar-refractivity contribution in [2.45, 2.75) is 20.0 Å². The summed E-state index contributed by atoms with van der Waals surface area (Å²) in [5, 5.41) is 13.2. The lowest BCUT2D eigenvalue weighted by molar-refractivity contribution is 0.415. The van der Waals surface area contributed by atoms with Crippen molar-refractivity contribution in [2.24, 2.45) is 12.0 Å². The number of rotatable bonds is 6. The second kappa shape index (κ2) is 10.1. The monoisotopic (exact) mass is 479 g/mol. The number of nitrogens with zero attached hydrogens (tertiary/aromatic N) is 3. The Morgan fingerprint density at radius 1 is 1.11 bits per heavy atom. The van der Waals surface area contributed by atoms with Crippen LogP contribution in [0.5, 0.6) is 5.75 Å². The van der Waals surface area contributed by atoms with E-state index in [1.165, 1.54) is 16.3 Å². The molecule has 3 rings (SSSR count). The van der Waals surface area contributed by atoms with Crippen LogP contribution in [0.2, 0.25) is 0 Å². The average molecular weight is 479 g/mol. The molecule has 7 heteroatoms. The number of aryl methyl sites for hydroxylation is 1. The quantitative estimate of drug-likeness (QED) is 0.323. The molecule has 0 aliphatic carbocycles. The second-order valence-electron chi connectivity index (χ2n) is 6.04. The standard InChI is InChI=1S/C20H25N5O.HI/c1-4-21-20(23-14-18-9-10-24-25(18)2)22-13-15-5-6-17-12-19(26-3)8-7-16(17)11-15;/h5-12H,4,13-14H2,1-3H3,(H2,21,22,23);1H. The van der Waals surface area contributed by atoms with Gasteiger partial charge in [-0.1, -0.05) is 18.2 Å². The Balaban J connectivity index is 0.00000261. The maximum absolute atomic E-state index is 5.28. The average Bonchev–Trinajstić information content (AvgIpc) is 3.08. The summed E-state index contributed by atoms with van der Waals surface area (Å²) in [5.41, 5.74) is 2.27. The fourth-order valence-electron chi connectivity index (χ4n) is 2.76. The molecule has 0 fully saturated rings. The normalized spacial score (nSPS) is 11.1. The minimum Gasteiger partial charge on any atom is -0.497 e. The molecule has 3 aromatic rings. The van der Waals surface area contributed by atoms with Crippen molar-refractivity contribution in [1.82, 2.24) is 20.4 Å². The summed E-state index contributed by atoms with van der Waals surface area (Å²) in [6, 6.07) is 14.5. The minimum atomic E-state index is 0. The first-order valence-electron chi connectivity index (χ1n) is 8.75. The predicted molar refractivity (Wildman–Crippen MR) is 121 cm³/mol. The van der Waals surface area contributed by atoms with Gasteiger partial charge in [0.15, 0.2) is 5.96 Å². The SMILES string of the molecule is CCNC(=NCc1ccc2cc(OC)ccc2c1)NCc1ccnn1C.I. The number of methoxy groups -OCH3 is 1. The lowest BCUT2D eigenvalue weighted by Crippen LogP contribution is -2.37. The summed E-state index contributed by atoms with van der Waals surface area (Å²) >= 11 is 0. The largest absolute Gasteiger partial charge is 0.497 e. The van der Waals surface area contributed by atoms with Gasteiger partial charge in [0.1, 0.15) is 5.75 Å². The summed E-state index contributed by atoms with van der Waals surface area (Å²) in [6.45, 7) is 4.17. The van der Waals surface area contributed by atoms with Crippen LogP contribution in [0.15, 0.2) is 53.7 Å². The van der Waals surface area contributed by atoms with Crippen molar-refractivity contribution >= 4 is 40.7 Å². The number of nitrogens with one attached hydrogen (secondary N) is 2. The van der Waals surface area contributed by atoms with Crippen LogP contribution in [0.3, 0.4) is 0 Å². The number of aliphatic imine (C=N–C) groups is 1. The number of aromatic nitrogens is 2. The Labute approximate surface area is 177 Å². The van der Waals surface area contributed by atoms with E-state index in [-0.39, 0.29) is 24.0 Å². The van der Waals surface area contributed by atoms with Gasteiger partial charge in [0, 0.05) is 19.8 Å². The highest BCUT2D eigenvalue weighted by Gasteiger charge is 2.03. The van der Waals surface area contributed by atoms with Gasteiger partial charge in [-0.3, -0.25) is 4.68 Å². The Hall–Kier alpha value is -2.29. The van der Waals surface area contributed by atoms with Gasteiger partial charge in [0.2, 0.25) is 0 Å². The summed E-state index contributed by atoms with van der Waals surface area (Å²) in [5.74, 6) is 1.67. The fourth-order valence-corrected chi connectivity index (χ4v) is 2.76. The van der Waals surface area contributed by atoms with Gasteiger partial charge in [-0.05, 0) is 47.5 Å². The van der Waals surface area contributed by atoms with E-state index in [4.69, 9.17) is 9.73 Å². The highest BCUT2D eigenvalue weighted by Crippen LogP contribution is 2.22. The molecule has 27 heavy (non-hydrogen) atoms. The highest BCUT2D eigenvalue weighted by molar-refractivity contribution is 14.0. The van der Waals surface area contributed by atoms with E-state index in [1.54, 1.807) is 13.3 Å². The van der Waals surface area contributed by atoms with Crippen molar-refractivity contribution in [3.05, 3.63) is 59.9 Å². The summed E-state index contributed by atoms with van der Waals surface area (Å²) in [7, 11) is 3.62. The Morgan fingerprint density at radius 3 is 2.59 bits per heavy atom. The summed E-state index contributed by atoms with van der Waals surface area (Å²) in [4.78, 5) is 4.69. The van der Waals surface area contributed by atoms with E-state index in [1.807, 2.05) is 29.9 Å². The van der Waals surface area contributed by atoms with Gasteiger partial charge in [-0.15, -0.1) is 24.0 Å². The molecular formula is C20H26IN5O. The first-order valence-corrected chi connectivity index (χ1v) is 8.75. The molecule has 0 saturated carbocycles. The number of ether oxygens (including phenoxy) is 1. The molecule has 0 radical (unpaired) electrons. The third kappa shape index (κ3) is 5.59. The van der Waals surface area contributed by atoms with E-state index in [0.717, 1.165) is 23.9 Å². The number of fused-ring (bicyclic) bond motifs is 1. The molecule has 0 spiro atoms. The molecule has 1 aromatic heterocycles. The highest BCUT2D eigenvalue weighted by atomic mass is 127. The zero-order valence-electron chi connectivity index (χ0n) is 15.9. The third-order valence-electron chi connectivity index (χ3n) is 4.24. The zero-order valence-corrected chi connectivity index (χ0v) is 18.2. The molecule has 0 saturated heterocycles. The van der Waals surface area contributed by atoms with Gasteiger partial charge < -0.3 is 15.4 Å². The first kappa shape index (κ1) is 21.0. The smallest absolute Gasteiger partial charge is 0.191 e. The molecule has 0 unspecified atom stereocenters. The van der Waals surface area contributed by atoms with Crippen molar-refractivity contribution in [2.75, 3.05) is 13.7 Å². The van der Waals surface area contributed by atoms with Crippen LogP contribution >= 0.6 is 24.0 Å². The van der Waals surface area contributed by atoms with Crippen LogP contribution in [0.25, 0.3) is 10.8 Å². The molecule has 0 aliphatic rings. The second-order valence-corrected chi connectivity index (χ2v) is 6.04. The van der Waals surface area contributed by atoms with Crippen LogP contribution in [-0.2, 0) is 20.1 Å². The molecule has 0 aliphatic heterocycles. The summed E-state index contributed by atoms with van der Waals surface area (Å²) < 4.78 is 7.14. The van der Waals surface area contributed by atoms with Crippen molar-refractivity contribution in [1.29, 1.82) is 0 Å². The van der Waals surface area contributed by atoms with Crippen molar-refractivity contribution in [3.63, 3.8) is 0 Å². The van der Waals surface area contributed by atoms with E-state index in [9.17, 15) is 0 Å². The molecule has 2 aromatic carbocycles. The topological polar surface area (TPSA) is 63.5 Å². The number of benzene rings is 2. The summed E-state index contributed by atoms with van der Waals surface area (Å²) in [6.07, 6.45) is 1.80. The lowest BCUT2D eigenvalue weighted by atomic mass is 10.1. The van der Waals surface area contributed by atoms with Crippen LogP contribution in [0, 0.1) is 0 Å². The van der Waals surface area contributed by atoms with E-state index in [0.29, 0.717) is 13.1 Å². The Kier molecular flexibility index (Phi) is 7.90. The number of hydrogen-bond donors (Lipinski definition) is 2. The van der Waals surface area contributed by atoms with Crippen LogP contribution in [0.4, 0.5) is 0 Å². The number of halogens is 1. The van der Waals surface area contributed by atoms with Crippen LogP contribution < -0.4 is 15.4 Å². The molecular weight excluding hydrogens is 453 g/mol. The Bertz CT molecular complexity index is 906. The molecule has 0 bridgehead atoms. The van der Waals surface area contributed by atoms with Crippen LogP contribution in [-0.4, -0.2) is 29.4 Å². The van der Waals surface area contributed by atoms with Gasteiger partial charge in [0.05, 0.1) is 25.9 Å². The van der Waals surface area contributed by atoms with Gasteiger partial charge in [-0.2, -0.15) is 5.10 Å². The molecule has 2 N–H and O–H groups in total.